The molecular weight excluding hydrogens is 236 g/mol. The fourth-order valence-corrected chi connectivity index (χ4v) is 2.04. The van der Waals surface area contributed by atoms with Gasteiger partial charge >= 0.3 is 5.97 Å². The van der Waals surface area contributed by atoms with Crippen LogP contribution in [0.15, 0.2) is 0 Å². The van der Waals surface area contributed by atoms with Crippen molar-refractivity contribution >= 4 is 11.9 Å². The number of hydrogen-bond acceptors (Lipinski definition) is 4. The zero-order chi connectivity index (χ0) is 13.5. The van der Waals surface area contributed by atoms with Gasteiger partial charge in [0.1, 0.15) is 0 Å². The second kappa shape index (κ2) is 7.33. The zero-order valence-electron chi connectivity index (χ0n) is 11.0. The summed E-state index contributed by atoms with van der Waals surface area (Å²) in [6.07, 6.45) is 0.995. The number of aliphatic carboxylic acids is 1. The number of hydrogen-bond donors (Lipinski definition) is 2. The van der Waals surface area contributed by atoms with Crippen molar-refractivity contribution in [2.24, 2.45) is 5.92 Å². The molecule has 6 heteroatoms. The molecule has 1 rings (SSSR count). The molecule has 18 heavy (non-hydrogen) atoms. The maximum atomic E-state index is 11.8. The number of carbonyl (C=O) groups excluding carboxylic acids is 1. The summed E-state index contributed by atoms with van der Waals surface area (Å²) in [5.41, 5.74) is 0. The number of amides is 1. The Labute approximate surface area is 107 Å². The van der Waals surface area contributed by atoms with Crippen LogP contribution in [0.4, 0.5) is 0 Å². The highest BCUT2D eigenvalue weighted by Gasteiger charge is 2.34. The number of methoxy groups -OCH3 is 1. The molecule has 1 heterocycles. The van der Waals surface area contributed by atoms with E-state index >= 15 is 0 Å². The predicted octanol–water partition coefficient (Wildman–Crippen LogP) is -0.0659. The van der Waals surface area contributed by atoms with Crippen LogP contribution in [0.25, 0.3) is 0 Å². The second-order valence-corrected chi connectivity index (χ2v) is 4.73. The Hall–Kier alpha value is -1.14. The van der Waals surface area contributed by atoms with Crippen LogP contribution >= 0.6 is 0 Å². The zero-order valence-corrected chi connectivity index (χ0v) is 11.0. The van der Waals surface area contributed by atoms with E-state index in [1.807, 2.05) is 11.8 Å². The van der Waals surface area contributed by atoms with Crippen LogP contribution < -0.4 is 5.32 Å². The number of likely N-dealkylation sites (tertiary alicyclic amines) is 1. The van der Waals surface area contributed by atoms with Crippen LogP contribution in [0.2, 0.25) is 0 Å². The molecule has 1 saturated heterocycles. The molecule has 104 valence electrons. The molecule has 0 aromatic carbocycles. The van der Waals surface area contributed by atoms with Crippen molar-refractivity contribution in [2.45, 2.75) is 25.8 Å². The minimum Gasteiger partial charge on any atom is -0.481 e. The summed E-state index contributed by atoms with van der Waals surface area (Å²) in [5.74, 6) is -0.581. The maximum absolute atomic E-state index is 11.8. The number of carboxylic acids is 1. The first kappa shape index (κ1) is 14.9. The Morgan fingerprint density at radius 3 is 2.72 bits per heavy atom. The Balaban J connectivity index is 2.15. The van der Waals surface area contributed by atoms with Crippen LogP contribution in [0.1, 0.15) is 19.8 Å². The van der Waals surface area contributed by atoms with Crippen molar-refractivity contribution in [2.75, 3.05) is 33.4 Å². The van der Waals surface area contributed by atoms with Gasteiger partial charge in [-0.05, 0) is 19.3 Å². The molecule has 0 bridgehead atoms. The average Bonchev–Trinajstić information content (AvgIpc) is 2.27. The average molecular weight is 258 g/mol. The van der Waals surface area contributed by atoms with E-state index in [9.17, 15) is 9.59 Å². The predicted molar refractivity (Wildman–Crippen MR) is 66.3 cm³/mol. The number of carbonyl (C=O) groups is 2. The molecule has 0 radical (unpaired) electrons. The third kappa shape index (κ3) is 4.62. The first-order chi connectivity index (χ1) is 8.54. The quantitative estimate of drug-likeness (QED) is 0.596. The lowest BCUT2D eigenvalue weighted by molar-refractivity contribution is -0.140. The van der Waals surface area contributed by atoms with Crippen molar-refractivity contribution in [3.05, 3.63) is 0 Å². The van der Waals surface area contributed by atoms with Gasteiger partial charge in [-0.15, -0.1) is 0 Å². The fraction of sp³-hybridized carbons (Fsp3) is 0.833. The fourth-order valence-electron chi connectivity index (χ4n) is 2.04. The van der Waals surface area contributed by atoms with Crippen LogP contribution in [-0.4, -0.2) is 61.3 Å². The monoisotopic (exact) mass is 258 g/mol. The van der Waals surface area contributed by atoms with Gasteiger partial charge in [-0.2, -0.15) is 0 Å². The van der Waals surface area contributed by atoms with E-state index < -0.39 is 5.97 Å². The lowest BCUT2D eigenvalue weighted by Crippen LogP contribution is -2.56. The smallest absolute Gasteiger partial charge is 0.303 e. The molecule has 0 spiro atoms. The van der Waals surface area contributed by atoms with Crippen LogP contribution in [-0.2, 0) is 14.3 Å². The number of carboxylic acid groups (broad SMARTS) is 1. The molecule has 6 nitrogen and oxygen atoms in total. The van der Waals surface area contributed by atoms with Crippen molar-refractivity contribution in [1.82, 2.24) is 10.2 Å². The van der Waals surface area contributed by atoms with Crippen LogP contribution in [0, 0.1) is 5.92 Å². The first-order valence-electron chi connectivity index (χ1n) is 6.27. The minimum absolute atomic E-state index is 0.000113. The molecule has 1 unspecified atom stereocenters. The first-order valence-corrected chi connectivity index (χ1v) is 6.27. The molecule has 1 fully saturated rings. The summed E-state index contributed by atoms with van der Waals surface area (Å²) in [6.45, 7) is 4.49. The van der Waals surface area contributed by atoms with Crippen molar-refractivity contribution in [3.63, 3.8) is 0 Å². The van der Waals surface area contributed by atoms with Gasteiger partial charge in [0.15, 0.2) is 0 Å². The Morgan fingerprint density at radius 1 is 1.50 bits per heavy atom. The van der Waals surface area contributed by atoms with Crippen molar-refractivity contribution in [1.29, 1.82) is 0 Å². The van der Waals surface area contributed by atoms with Gasteiger partial charge in [-0.3, -0.25) is 14.5 Å². The number of rotatable bonds is 8. The largest absolute Gasteiger partial charge is 0.481 e. The highest BCUT2D eigenvalue weighted by molar-refractivity contribution is 5.81. The molecule has 0 saturated carbocycles. The summed E-state index contributed by atoms with van der Waals surface area (Å²) in [6, 6.07) is -0.183. The summed E-state index contributed by atoms with van der Waals surface area (Å²) in [4.78, 5) is 24.3. The summed E-state index contributed by atoms with van der Waals surface area (Å²) in [5, 5.41) is 11.5. The van der Waals surface area contributed by atoms with Crippen molar-refractivity contribution < 1.29 is 19.4 Å². The van der Waals surface area contributed by atoms with E-state index in [-0.39, 0.29) is 24.3 Å². The van der Waals surface area contributed by atoms with Gasteiger partial charge in [0, 0.05) is 33.4 Å². The molecule has 0 aromatic heterocycles. The van der Waals surface area contributed by atoms with Gasteiger partial charge in [0.05, 0.1) is 12.5 Å². The van der Waals surface area contributed by atoms with Gasteiger partial charge in [-0.1, -0.05) is 0 Å². The summed E-state index contributed by atoms with van der Waals surface area (Å²) < 4.78 is 4.90. The SMILES string of the molecule is COCCCNC(=O)C(C)N1CC(CC(=O)O)C1. The Morgan fingerprint density at radius 2 is 2.17 bits per heavy atom. The van der Waals surface area contributed by atoms with Crippen LogP contribution in [0.3, 0.4) is 0 Å². The Kier molecular flexibility index (Phi) is 6.07. The minimum atomic E-state index is -0.767. The molecule has 2 N–H and O–H groups in total. The van der Waals surface area contributed by atoms with E-state index in [1.54, 1.807) is 7.11 Å². The molecule has 1 aliphatic heterocycles. The number of nitrogens with one attached hydrogen (secondary N) is 1. The van der Waals surface area contributed by atoms with Gasteiger partial charge in [0.2, 0.25) is 5.91 Å². The molecule has 1 atom stereocenters. The number of nitrogens with zero attached hydrogens (tertiary/aromatic N) is 1. The molecule has 0 aliphatic carbocycles. The molecular formula is C12H22N2O4. The molecule has 0 aromatic rings. The van der Waals surface area contributed by atoms with E-state index in [0.717, 1.165) is 6.42 Å². The summed E-state index contributed by atoms with van der Waals surface area (Å²) in [7, 11) is 1.63. The van der Waals surface area contributed by atoms with E-state index in [1.165, 1.54) is 0 Å². The van der Waals surface area contributed by atoms with Gasteiger partial charge in [0.25, 0.3) is 0 Å². The van der Waals surface area contributed by atoms with Crippen LogP contribution in [0.5, 0.6) is 0 Å². The highest BCUT2D eigenvalue weighted by Crippen LogP contribution is 2.21. The summed E-state index contributed by atoms with van der Waals surface area (Å²) >= 11 is 0. The highest BCUT2D eigenvalue weighted by atomic mass is 16.5. The topological polar surface area (TPSA) is 78.9 Å². The normalized spacial score (nSPS) is 18.1. The lowest BCUT2D eigenvalue weighted by atomic mass is 9.94. The third-order valence-electron chi connectivity index (χ3n) is 3.20. The number of ether oxygens (including phenoxy) is 1. The third-order valence-corrected chi connectivity index (χ3v) is 3.20. The molecule has 1 aliphatic rings. The standard InChI is InChI=1S/C12H22N2O4/c1-9(12(17)13-4-3-5-18-2)14-7-10(8-14)6-11(15)16/h9-10H,3-8H2,1-2H3,(H,13,17)(H,15,16). The molecule has 1 amide bonds. The maximum Gasteiger partial charge on any atom is 0.303 e. The van der Waals surface area contributed by atoms with Gasteiger partial charge < -0.3 is 15.2 Å². The van der Waals surface area contributed by atoms with E-state index in [4.69, 9.17) is 9.84 Å². The van der Waals surface area contributed by atoms with Crippen molar-refractivity contribution in [3.8, 4) is 0 Å². The Bertz CT molecular complexity index is 290. The van der Waals surface area contributed by atoms with E-state index in [0.29, 0.717) is 26.2 Å². The van der Waals surface area contributed by atoms with E-state index in [2.05, 4.69) is 5.32 Å². The lowest BCUT2D eigenvalue weighted by Gasteiger charge is -2.41. The van der Waals surface area contributed by atoms with Gasteiger partial charge in [-0.25, -0.2) is 0 Å². The second-order valence-electron chi connectivity index (χ2n) is 4.73.